The largest absolute Gasteiger partial charge is 0.242 e. The molecule has 2 fully saturated rings. The molecule has 0 spiro atoms. The maximum Gasteiger partial charge on any atom is 0.0232 e. The van der Waals surface area contributed by atoms with Crippen molar-refractivity contribution >= 4 is 23.9 Å². The molecule has 2 nitrogen and oxygen atoms in total. The van der Waals surface area contributed by atoms with E-state index in [-0.39, 0.29) is 11.1 Å². The molecule has 4 heteroatoms. The van der Waals surface area contributed by atoms with Crippen molar-refractivity contribution in [2.75, 3.05) is 11.5 Å². The zero-order valence-electron chi connectivity index (χ0n) is 16.9. The van der Waals surface area contributed by atoms with Gasteiger partial charge in [0, 0.05) is 34.7 Å². The average Bonchev–Trinajstić information content (AvgIpc) is 3.12. The summed E-state index contributed by atoms with van der Waals surface area (Å²) in [6, 6.07) is 1.60. The van der Waals surface area contributed by atoms with Crippen molar-refractivity contribution in [3.63, 3.8) is 0 Å². The number of hydrogen-bond donors (Lipinski definition) is 0. The summed E-state index contributed by atoms with van der Waals surface area (Å²) in [5.74, 6) is 2.47. The van der Waals surface area contributed by atoms with Crippen molar-refractivity contribution in [1.82, 2.24) is 8.61 Å². The molecule has 2 saturated carbocycles. The summed E-state index contributed by atoms with van der Waals surface area (Å²) in [7, 11) is 0. The van der Waals surface area contributed by atoms with Crippen molar-refractivity contribution < 1.29 is 0 Å². The van der Waals surface area contributed by atoms with E-state index in [1.165, 1.54) is 62.9 Å². The summed E-state index contributed by atoms with van der Waals surface area (Å²) in [6.07, 6.45) is 11.3. The van der Waals surface area contributed by atoms with Crippen LogP contribution in [-0.4, -0.2) is 43.3 Å². The van der Waals surface area contributed by atoms with Gasteiger partial charge in [-0.05, 0) is 67.2 Å². The van der Waals surface area contributed by atoms with Gasteiger partial charge in [-0.25, -0.2) is 8.61 Å². The standard InChI is InChI=1S/C20H40N2S2/c1-19(2,3)21(17-11-7-8-12-17)23-15-16-24-22(20(4,5)6)18-13-9-10-14-18/h17-18H,7-16H2,1-6H3. The molecule has 142 valence electrons. The van der Waals surface area contributed by atoms with Crippen molar-refractivity contribution in [1.29, 1.82) is 0 Å². The minimum atomic E-state index is 0.277. The van der Waals surface area contributed by atoms with E-state index < -0.39 is 0 Å². The van der Waals surface area contributed by atoms with Crippen LogP contribution in [0.2, 0.25) is 0 Å². The Kier molecular flexibility index (Phi) is 7.86. The lowest BCUT2D eigenvalue weighted by Crippen LogP contribution is -2.43. The molecule has 0 aromatic rings. The fraction of sp³-hybridized carbons (Fsp3) is 1.00. The Morgan fingerprint density at radius 2 is 0.917 bits per heavy atom. The van der Waals surface area contributed by atoms with Gasteiger partial charge in [-0.15, -0.1) is 0 Å². The summed E-state index contributed by atoms with van der Waals surface area (Å²) in [6.45, 7) is 14.3. The third kappa shape index (κ3) is 6.10. The third-order valence-electron chi connectivity index (χ3n) is 5.18. The van der Waals surface area contributed by atoms with Gasteiger partial charge < -0.3 is 0 Å². The van der Waals surface area contributed by atoms with Gasteiger partial charge in [0.1, 0.15) is 0 Å². The number of hydrogen-bond acceptors (Lipinski definition) is 4. The topological polar surface area (TPSA) is 6.48 Å². The Morgan fingerprint density at radius 1 is 0.625 bits per heavy atom. The first kappa shape index (κ1) is 20.9. The summed E-state index contributed by atoms with van der Waals surface area (Å²) < 4.78 is 5.44. The highest BCUT2D eigenvalue weighted by molar-refractivity contribution is 8.00. The van der Waals surface area contributed by atoms with Crippen LogP contribution in [0.4, 0.5) is 0 Å². The Bertz CT molecular complexity index is 325. The lowest BCUT2D eigenvalue weighted by Gasteiger charge is -2.40. The van der Waals surface area contributed by atoms with Gasteiger partial charge >= 0.3 is 0 Å². The van der Waals surface area contributed by atoms with Crippen LogP contribution in [0.15, 0.2) is 0 Å². The Hall–Kier alpha value is 0.620. The molecular formula is C20H40N2S2. The molecule has 0 N–H and O–H groups in total. The zero-order valence-corrected chi connectivity index (χ0v) is 18.6. The van der Waals surface area contributed by atoms with E-state index in [2.05, 4.69) is 74.0 Å². The van der Waals surface area contributed by atoms with Gasteiger partial charge in [0.05, 0.1) is 0 Å². The highest BCUT2D eigenvalue weighted by Crippen LogP contribution is 2.37. The van der Waals surface area contributed by atoms with Crippen LogP contribution in [-0.2, 0) is 0 Å². The molecule has 2 aliphatic rings. The minimum absolute atomic E-state index is 0.277. The minimum Gasteiger partial charge on any atom is -0.242 e. The van der Waals surface area contributed by atoms with E-state index in [9.17, 15) is 0 Å². The van der Waals surface area contributed by atoms with Gasteiger partial charge in [-0.3, -0.25) is 0 Å². The van der Waals surface area contributed by atoms with Crippen LogP contribution in [0.5, 0.6) is 0 Å². The van der Waals surface area contributed by atoms with E-state index in [0.29, 0.717) is 0 Å². The molecule has 2 aliphatic carbocycles. The first-order valence-corrected chi connectivity index (χ1v) is 11.9. The van der Waals surface area contributed by atoms with E-state index >= 15 is 0 Å². The van der Waals surface area contributed by atoms with Crippen LogP contribution in [0.1, 0.15) is 92.9 Å². The molecule has 24 heavy (non-hydrogen) atoms. The predicted molar refractivity (Wildman–Crippen MR) is 113 cm³/mol. The molecular weight excluding hydrogens is 332 g/mol. The monoisotopic (exact) mass is 372 g/mol. The van der Waals surface area contributed by atoms with Crippen molar-refractivity contribution in [2.24, 2.45) is 0 Å². The first-order chi connectivity index (χ1) is 11.2. The van der Waals surface area contributed by atoms with E-state index in [0.717, 1.165) is 12.1 Å². The van der Waals surface area contributed by atoms with Crippen LogP contribution in [0, 0.1) is 0 Å². The molecule has 0 aromatic heterocycles. The van der Waals surface area contributed by atoms with Crippen LogP contribution in [0.3, 0.4) is 0 Å². The van der Waals surface area contributed by atoms with E-state index in [1.807, 2.05) is 0 Å². The van der Waals surface area contributed by atoms with Crippen molar-refractivity contribution in [2.45, 2.75) is 116 Å². The van der Waals surface area contributed by atoms with Crippen LogP contribution < -0.4 is 0 Å². The van der Waals surface area contributed by atoms with Gasteiger partial charge in [0.25, 0.3) is 0 Å². The quantitative estimate of drug-likeness (QED) is 0.378. The average molecular weight is 373 g/mol. The van der Waals surface area contributed by atoms with Crippen LogP contribution >= 0.6 is 23.9 Å². The Labute approximate surface area is 160 Å². The fourth-order valence-electron chi connectivity index (χ4n) is 4.24. The summed E-state index contributed by atoms with van der Waals surface area (Å²) >= 11 is 4.21. The van der Waals surface area contributed by atoms with Gasteiger partial charge in [-0.2, -0.15) is 0 Å². The molecule has 2 rings (SSSR count). The maximum atomic E-state index is 2.72. The van der Waals surface area contributed by atoms with Crippen LogP contribution in [0.25, 0.3) is 0 Å². The molecule has 0 saturated heterocycles. The van der Waals surface area contributed by atoms with Crippen molar-refractivity contribution in [3.8, 4) is 0 Å². The smallest absolute Gasteiger partial charge is 0.0232 e. The zero-order chi connectivity index (χ0) is 17.8. The molecule has 0 unspecified atom stereocenters. The van der Waals surface area contributed by atoms with Crippen molar-refractivity contribution in [3.05, 3.63) is 0 Å². The lowest BCUT2D eigenvalue weighted by molar-refractivity contribution is 0.210. The number of nitrogens with zero attached hydrogens (tertiary/aromatic N) is 2. The van der Waals surface area contributed by atoms with E-state index in [1.54, 1.807) is 0 Å². The second-order valence-corrected chi connectivity index (χ2v) is 11.7. The summed E-state index contributed by atoms with van der Waals surface area (Å²) in [4.78, 5) is 0. The highest BCUT2D eigenvalue weighted by atomic mass is 32.2. The molecule has 0 radical (unpaired) electrons. The van der Waals surface area contributed by atoms with Gasteiger partial charge in [0.15, 0.2) is 0 Å². The maximum absolute atomic E-state index is 2.72. The Balaban J connectivity index is 1.82. The lowest BCUT2D eigenvalue weighted by atomic mass is 10.1. The fourth-order valence-corrected chi connectivity index (χ4v) is 6.85. The second kappa shape index (κ2) is 9.01. The molecule has 0 aromatic carbocycles. The van der Waals surface area contributed by atoms with Gasteiger partial charge in [0.2, 0.25) is 0 Å². The Morgan fingerprint density at radius 3 is 1.17 bits per heavy atom. The second-order valence-electron chi connectivity index (χ2n) is 9.54. The molecule has 0 amide bonds. The normalized spacial score (nSPS) is 21.5. The van der Waals surface area contributed by atoms with Gasteiger partial charge in [-0.1, -0.05) is 49.6 Å². The van der Waals surface area contributed by atoms with E-state index in [4.69, 9.17) is 0 Å². The predicted octanol–water partition coefficient (Wildman–Crippen LogP) is 6.37. The number of rotatable bonds is 7. The third-order valence-corrected chi connectivity index (χ3v) is 8.46. The molecule has 0 bridgehead atoms. The molecule has 0 heterocycles. The summed E-state index contributed by atoms with van der Waals surface area (Å²) in [5.41, 5.74) is 0.555. The SMILES string of the molecule is CC(C)(C)N(SCCSN(C1CCCC1)C(C)(C)C)C1CCCC1. The molecule has 0 atom stereocenters. The summed E-state index contributed by atoms with van der Waals surface area (Å²) in [5, 5.41) is 0. The first-order valence-electron chi connectivity index (χ1n) is 10.0. The highest BCUT2D eigenvalue weighted by Gasteiger charge is 2.33. The molecule has 0 aliphatic heterocycles.